The Balaban J connectivity index is 1.28. The van der Waals surface area contributed by atoms with Crippen LogP contribution in [-0.2, 0) is 0 Å². The summed E-state index contributed by atoms with van der Waals surface area (Å²) < 4.78 is 6.25. The van der Waals surface area contributed by atoms with E-state index in [9.17, 15) is 0 Å². The molecule has 1 aromatic carbocycles. The fraction of sp³-hybridized carbons (Fsp3) is 0.217. The Labute approximate surface area is 169 Å². The third kappa shape index (κ3) is 3.74. The van der Waals surface area contributed by atoms with Crippen molar-refractivity contribution in [3.63, 3.8) is 0 Å². The second kappa shape index (κ2) is 7.83. The fourth-order valence-corrected chi connectivity index (χ4v) is 3.70. The van der Waals surface area contributed by atoms with Gasteiger partial charge in [0.05, 0.1) is 5.52 Å². The number of rotatable bonds is 4. The summed E-state index contributed by atoms with van der Waals surface area (Å²) in [6.07, 6.45) is 8.82. The summed E-state index contributed by atoms with van der Waals surface area (Å²) in [6.45, 7) is 1.80. The minimum atomic E-state index is 0.110. The zero-order valence-electron chi connectivity index (χ0n) is 16.0. The molecule has 6 nitrogen and oxygen atoms in total. The molecule has 29 heavy (non-hydrogen) atoms. The molecule has 0 bridgehead atoms. The van der Waals surface area contributed by atoms with E-state index in [1.54, 1.807) is 24.8 Å². The number of para-hydroxylation sites is 1. The van der Waals surface area contributed by atoms with E-state index in [1.165, 1.54) is 5.39 Å². The highest BCUT2D eigenvalue weighted by Gasteiger charge is 2.23. The van der Waals surface area contributed by atoms with Crippen LogP contribution in [-0.4, -0.2) is 39.1 Å². The Hall–Kier alpha value is -3.54. The molecule has 6 heteroatoms. The first-order chi connectivity index (χ1) is 14.4. The largest absolute Gasteiger partial charge is 0.473 e. The second-order valence-electron chi connectivity index (χ2n) is 7.12. The highest BCUT2D eigenvalue weighted by atomic mass is 16.5. The van der Waals surface area contributed by atoms with Crippen molar-refractivity contribution < 1.29 is 4.74 Å². The fourth-order valence-electron chi connectivity index (χ4n) is 3.70. The Morgan fingerprint density at radius 1 is 0.862 bits per heavy atom. The van der Waals surface area contributed by atoms with Crippen LogP contribution in [0.1, 0.15) is 12.8 Å². The molecule has 3 aromatic heterocycles. The van der Waals surface area contributed by atoms with Crippen molar-refractivity contribution in [1.29, 1.82) is 0 Å². The van der Waals surface area contributed by atoms with Gasteiger partial charge in [0, 0.05) is 61.7 Å². The van der Waals surface area contributed by atoms with Crippen molar-refractivity contribution in [3.05, 3.63) is 73.3 Å². The maximum atomic E-state index is 6.25. The molecule has 144 valence electrons. The number of anilines is 1. The molecule has 1 aliphatic rings. The molecule has 0 saturated carbocycles. The minimum Gasteiger partial charge on any atom is -0.473 e. The van der Waals surface area contributed by atoms with Gasteiger partial charge in [0.15, 0.2) is 0 Å². The molecular weight excluding hydrogens is 362 g/mol. The number of benzene rings is 1. The van der Waals surface area contributed by atoms with Crippen molar-refractivity contribution in [1.82, 2.24) is 19.9 Å². The van der Waals surface area contributed by atoms with Crippen molar-refractivity contribution in [2.45, 2.75) is 18.9 Å². The first-order valence-electron chi connectivity index (χ1n) is 9.85. The van der Waals surface area contributed by atoms with Crippen molar-refractivity contribution >= 4 is 16.7 Å². The van der Waals surface area contributed by atoms with Gasteiger partial charge in [0.2, 0.25) is 5.88 Å². The molecule has 1 aliphatic heterocycles. The van der Waals surface area contributed by atoms with Gasteiger partial charge in [-0.25, -0.2) is 15.0 Å². The predicted molar refractivity (Wildman–Crippen MR) is 113 cm³/mol. The number of hydrogen-bond acceptors (Lipinski definition) is 6. The minimum absolute atomic E-state index is 0.110. The van der Waals surface area contributed by atoms with Crippen LogP contribution in [0.15, 0.2) is 73.3 Å². The average Bonchev–Trinajstić information content (AvgIpc) is 2.80. The molecule has 0 amide bonds. The first kappa shape index (κ1) is 17.6. The van der Waals surface area contributed by atoms with Gasteiger partial charge in [0.1, 0.15) is 17.6 Å². The van der Waals surface area contributed by atoms with Gasteiger partial charge in [0.25, 0.3) is 0 Å². The Kier molecular flexibility index (Phi) is 4.74. The van der Waals surface area contributed by atoms with Crippen molar-refractivity contribution in [3.8, 4) is 17.1 Å². The standard InChI is InChI=1S/C23H21N5O/c1-2-6-20-17(4-1)7-8-21(27-20)28-14-9-19(10-15-28)29-23-22(25-12-13-26-23)18-5-3-11-24-16-18/h1-8,11-13,16,19H,9-10,14-15H2. The van der Waals surface area contributed by atoms with Crippen LogP contribution in [0.2, 0.25) is 0 Å². The number of fused-ring (bicyclic) bond motifs is 1. The summed E-state index contributed by atoms with van der Waals surface area (Å²) in [5.41, 5.74) is 2.68. The Morgan fingerprint density at radius 2 is 1.72 bits per heavy atom. The number of hydrogen-bond donors (Lipinski definition) is 0. The maximum Gasteiger partial charge on any atom is 0.240 e. The molecule has 5 rings (SSSR count). The second-order valence-corrected chi connectivity index (χ2v) is 7.12. The zero-order valence-corrected chi connectivity index (χ0v) is 16.0. The van der Waals surface area contributed by atoms with E-state index in [2.05, 4.69) is 44.1 Å². The quantitative estimate of drug-likeness (QED) is 0.528. The zero-order chi connectivity index (χ0) is 19.5. The SMILES string of the molecule is c1cncc(-c2nccnc2OC2CCN(c3ccc4ccccc4n3)CC2)c1. The van der Waals surface area contributed by atoms with Gasteiger partial charge >= 0.3 is 0 Å². The van der Waals surface area contributed by atoms with E-state index in [0.29, 0.717) is 5.88 Å². The summed E-state index contributed by atoms with van der Waals surface area (Å²) in [7, 11) is 0. The molecule has 4 heterocycles. The molecule has 0 radical (unpaired) electrons. The molecule has 0 atom stereocenters. The van der Waals surface area contributed by atoms with Gasteiger partial charge in [-0.1, -0.05) is 18.2 Å². The normalized spacial score (nSPS) is 14.8. The lowest BCUT2D eigenvalue weighted by Crippen LogP contribution is -2.38. The third-order valence-corrected chi connectivity index (χ3v) is 5.23. The average molecular weight is 383 g/mol. The van der Waals surface area contributed by atoms with Crippen LogP contribution in [0.3, 0.4) is 0 Å². The Morgan fingerprint density at radius 3 is 2.59 bits per heavy atom. The summed E-state index contributed by atoms with van der Waals surface area (Å²) in [6, 6.07) is 16.3. The summed E-state index contributed by atoms with van der Waals surface area (Å²) in [5.74, 6) is 1.60. The van der Waals surface area contributed by atoms with Gasteiger partial charge in [-0.15, -0.1) is 0 Å². The monoisotopic (exact) mass is 383 g/mol. The van der Waals surface area contributed by atoms with E-state index in [1.807, 2.05) is 24.3 Å². The smallest absolute Gasteiger partial charge is 0.240 e. The molecule has 0 unspecified atom stereocenters. The summed E-state index contributed by atoms with van der Waals surface area (Å²) >= 11 is 0. The van der Waals surface area contributed by atoms with Crippen LogP contribution in [0.25, 0.3) is 22.2 Å². The van der Waals surface area contributed by atoms with Gasteiger partial charge in [-0.3, -0.25) is 4.98 Å². The Bertz CT molecular complexity index is 1110. The maximum absolute atomic E-state index is 6.25. The van der Waals surface area contributed by atoms with Crippen LogP contribution in [0.5, 0.6) is 5.88 Å². The lowest BCUT2D eigenvalue weighted by atomic mass is 10.1. The van der Waals surface area contributed by atoms with E-state index < -0.39 is 0 Å². The number of pyridine rings is 2. The first-order valence-corrected chi connectivity index (χ1v) is 9.85. The van der Waals surface area contributed by atoms with E-state index in [0.717, 1.165) is 48.5 Å². The molecular formula is C23H21N5O. The number of piperidine rings is 1. The number of ether oxygens (including phenoxy) is 1. The van der Waals surface area contributed by atoms with Crippen LogP contribution >= 0.6 is 0 Å². The number of aromatic nitrogens is 4. The van der Waals surface area contributed by atoms with Gasteiger partial charge < -0.3 is 9.64 Å². The third-order valence-electron chi connectivity index (χ3n) is 5.23. The summed E-state index contributed by atoms with van der Waals surface area (Å²) in [5, 5.41) is 1.17. The number of nitrogens with zero attached hydrogens (tertiary/aromatic N) is 5. The molecule has 0 N–H and O–H groups in total. The lowest BCUT2D eigenvalue weighted by Gasteiger charge is -2.33. The van der Waals surface area contributed by atoms with Crippen molar-refractivity contribution in [2.75, 3.05) is 18.0 Å². The molecule has 0 aliphatic carbocycles. The highest BCUT2D eigenvalue weighted by molar-refractivity contribution is 5.80. The highest BCUT2D eigenvalue weighted by Crippen LogP contribution is 2.28. The van der Waals surface area contributed by atoms with Crippen LogP contribution in [0, 0.1) is 0 Å². The molecule has 0 spiro atoms. The van der Waals surface area contributed by atoms with E-state index >= 15 is 0 Å². The van der Waals surface area contributed by atoms with E-state index in [4.69, 9.17) is 9.72 Å². The molecule has 4 aromatic rings. The molecule has 1 fully saturated rings. The van der Waals surface area contributed by atoms with E-state index in [-0.39, 0.29) is 6.10 Å². The van der Waals surface area contributed by atoms with Crippen LogP contribution < -0.4 is 9.64 Å². The lowest BCUT2D eigenvalue weighted by molar-refractivity contribution is 0.164. The summed E-state index contributed by atoms with van der Waals surface area (Å²) in [4.78, 5) is 20.2. The van der Waals surface area contributed by atoms with Crippen LogP contribution in [0.4, 0.5) is 5.82 Å². The van der Waals surface area contributed by atoms with Gasteiger partial charge in [-0.2, -0.15) is 0 Å². The van der Waals surface area contributed by atoms with Crippen molar-refractivity contribution in [2.24, 2.45) is 0 Å². The predicted octanol–water partition coefficient (Wildman–Crippen LogP) is 4.13. The molecule has 1 saturated heterocycles. The topological polar surface area (TPSA) is 64.0 Å². The van der Waals surface area contributed by atoms with Gasteiger partial charge in [-0.05, 0) is 30.3 Å².